The molecule has 0 aromatic heterocycles. The Labute approximate surface area is 114 Å². The molecular weight excluding hydrogens is 264 g/mol. The average molecular weight is 284 g/mol. The first-order valence-electron chi connectivity index (χ1n) is 6.49. The van der Waals surface area contributed by atoms with Gasteiger partial charge in [0.1, 0.15) is 0 Å². The largest absolute Gasteiger partial charge is 0.376 e. The smallest absolute Gasteiger partial charge is 0.264 e. The van der Waals surface area contributed by atoms with Crippen LogP contribution in [-0.2, 0) is 25.6 Å². The molecule has 0 bridgehead atoms. The summed E-state index contributed by atoms with van der Waals surface area (Å²) in [5, 5.41) is 0. The lowest BCUT2D eigenvalue weighted by Crippen LogP contribution is -2.31. The van der Waals surface area contributed by atoms with Crippen LogP contribution in [0.4, 0.5) is 0 Å². The van der Waals surface area contributed by atoms with Gasteiger partial charge >= 0.3 is 0 Å². The zero-order valence-corrected chi connectivity index (χ0v) is 11.9. The summed E-state index contributed by atoms with van der Waals surface area (Å²) in [6, 6.07) is 10.1. The van der Waals surface area contributed by atoms with Crippen molar-refractivity contribution in [1.82, 2.24) is 0 Å². The first-order chi connectivity index (χ1) is 9.03. The Hall–Kier alpha value is -0.910. The van der Waals surface area contributed by atoms with Gasteiger partial charge in [-0.25, -0.2) is 0 Å². The highest BCUT2D eigenvalue weighted by Crippen LogP contribution is 2.34. The van der Waals surface area contributed by atoms with Gasteiger partial charge in [0.15, 0.2) is 0 Å². The second-order valence-electron chi connectivity index (χ2n) is 5.19. The lowest BCUT2D eigenvalue weighted by atomic mass is 9.76. The molecule has 2 rings (SSSR count). The quantitative estimate of drug-likeness (QED) is 0.720. The van der Waals surface area contributed by atoms with E-state index in [1.807, 2.05) is 30.3 Å². The molecule has 0 amide bonds. The maximum absolute atomic E-state index is 10.8. The van der Waals surface area contributed by atoms with Crippen LogP contribution in [0.1, 0.15) is 18.4 Å². The van der Waals surface area contributed by atoms with Gasteiger partial charge in [0.25, 0.3) is 10.1 Å². The van der Waals surface area contributed by atoms with Crippen molar-refractivity contribution in [2.45, 2.75) is 19.4 Å². The minimum absolute atomic E-state index is 0.314. The van der Waals surface area contributed by atoms with Gasteiger partial charge in [0.05, 0.1) is 19.5 Å². The molecule has 0 heterocycles. The molecule has 0 unspecified atom stereocenters. The fraction of sp³-hybridized carbons (Fsp3) is 0.571. The number of hydrogen-bond donors (Lipinski definition) is 0. The van der Waals surface area contributed by atoms with Crippen LogP contribution in [-0.4, -0.2) is 27.9 Å². The van der Waals surface area contributed by atoms with E-state index in [4.69, 9.17) is 8.92 Å². The first-order valence-corrected chi connectivity index (χ1v) is 8.30. The third-order valence-electron chi connectivity index (χ3n) is 3.32. The average Bonchev–Trinajstić information content (AvgIpc) is 2.31. The van der Waals surface area contributed by atoms with Crippen molar-refractivity contribution in [1.29, 1.82) is 0 Å². The van der Waals surface area contributed by atoms with Crippen molar-refractivity contribution >= 4 is 10.1 Å². The predicted molar refractivity (Wildman–Crippen MR) is 73.1 cm³/mol. The van der Waals surface area contributed by atoms with Crippen LogP contribution in [0.3, 0.4) is 0 Å². The van der Waals surface area contributed by atoms with Crippen molar-refractivity contribution < 1.29 is 17.3 Å². The molecule has 1 saturated carbocycles. The molecule has 0 atom stereocenters. The van der Waals surface area contributed by atoms with Crippen LogP contribution >= 0.6 is 0 Å². The Kier molecular flexibility index (Phi) is 4.96. The number of benzene rings is 1. The van der Waals surface area contributed by atoms with Gasteiger partial charge in [-0.3, -0.25) is 4.18 Å². The summed E-state index contributed by atoms with van der Waals surface area (Å²) in [6.45, 7) is 1.69. The molecule has 0 aliphatic heterocycles. The minimum atomic E-state index is -3.30. The van der Waals surface area contributed by atoms with E-state index >= 15 is 0 Å². The molecule has 0 radical (unpaired) electrons. The van der Waals surface area contributed by atoms with Gasteiger partial charge in [-0.05, 0) is 30.2 Å². The van der Waals surface area contributed by atoms with Crippen LogP contribution in [0.25, 0.3) is 0 Å². The number of hydrogen-bond acceptors (Lipinski definition) is 4. The maximum Gasteiger partial charge on any atom is 0.264 e. The lowest BCUT2D eigenvalue weighted by molar-refractivity contribution is 0.0219. The summed E-state index contributed by atoms with van der Waals surface area (Å²) in [5.41, 5.74) is 1.18. The highest BCUT2D eigenvalue weighted by Gasteiger charge is 2.30. The molecule has 4 nitrogen and oxygen atoms in total. The summed E-state index contributed by atoms with van der Waals surface area (Å²) < 4.78 is 32.1. The van der Waals surface area contributed by atoms with E-state index in [9.17, 15) is 8.42 Å². The minimum Gasteiger partial charge on any atom is -0.376 e. The van der Waals surface area contributed by atoms with Crippen LogP contribution in [0.2, 0.25) is 0 Å². The van der Waals surface area contributed by atoms with Gasteiger partial charge in [-0.15, -0.1) is 0 Å². The Morgan fingerprint density at radius 2 is 1.74 bits per heavy atom. The third kappa shape index (κ3) is 5.30. The summed E-state index contributed by atoms with van der Waals surface area (Å²) in [5.74, 6) is 0.900. The van der Waals surface area contributed by atoms with Gasteiger partial charge in [0.2, 0.25) is 0 Å². The summed E-state index contributed by atoms with van der Waals surface area (Å²) in [6.07, 6.45) is 3.07. The van der Waals surface area contributed by atoms with Crippen LogP contribution in [0.15, 0.2) is 30.3 Å². The zero-order valence-electron chi connectivity index (χ0n) is 11.1. The molecule has 1 aliphatic rings. The molecule has 19 heavy (non-hydrogen) atoms. The second-order valence-corrected chi connectivity index (χ2v) is 6.84. The molecular formula is C14H20O4S. The molecule has 0 saturated heterocycles. The maximum atomic E-state index is 10.8. The van der Waals surface area contributed by atoms with Gasteiger partial charge in [-0.2, -0.15) is 8.42 Å². The third-order valence-corrected chi connectivity index (χ3v) is 3.88. The number of rotatable bonds is 7. The lowest BCUT2D eigenvalue weighted by Gasteiger charge is -2.34. The molecule has 1 aromatic carbocycles. The van der Waals surface area contributed by atoms with Crippen molar-refractivity contribution in [3.8, 4) is 0 Å². The highest BCUT2D eigenvalue weighted by atomic mass is 32.2. The van der Waals surface area contributed by atoms with Crippen LogP contribution < -0.4 is 0 Å². The van der Waals surface area contributed by atoms with Crippen LogP contribution in [0, 0.1) is 11.8 Å². The van der Waals surface area contributed by atoms with Gasteiger partial charge < -0.3 is 4.74 Å². The van der Waals surface area contributed by atoms with Crippen molar-refractivity contribution in [3.63, 3.8) is 0 Å². The predicted octanol–water partition coefficient (Wildman–Crippen LogP) is 2.21. The van der Waals surface area contributed by atoms with Crippen molar-refractivity contribution in [2.75, 3.05) is 19.5 Å². The van der Waals surface area contributed by atoms with Crippen molar-refractivity contribution in [2.24, 2.45) is 11.8 Å². The summed E-state index contributed by atoms with van der Waals surface area (Å²) in [7, 11) is -3.30. The molecule has 1 fully saturated rings. The van der Waals surface area contributed by atoms with E-state index in [0.717, 1.165) is 25.7 Å². The summed E-state index contributed by atoms with van der Waals surface area (Å²) >= 11 is 0. The molecule has 106 valence electrons. The van der Waals surface area contributed by atoms with E-state index in [0.29, 0.717) is 25.0 Å². The Balaban J connectivity index is 1.56. The fourth-order valence-electron chi connectivity index (χ4n) is 2.28. The normalized spacial score (nSPS) is 23.0. The summed E-state index contributed by atoms with van der Waals surface area (Å²) in [4.78, 5) is 0. The number of ether oxygens (including phenoxy) is 1. The van der Waals surface area contributed by atoms with Gasteiger partial charge in [0, 0.05) is 6.61 Å². The molecule has 5 heteroatoms. The Bertz CT molecular complexity index is 477. The second kappa shape index (κ2) is 6.50. The van der Waals surface area contributed by atoms with E-state index in [2.05, 4.69) is 0 Å². The Morgan fingerprint density at radius 3 is 2.37 bits per heavy atom. The van der Waals surface area contributed by atoms with Crippen LogP contribution in [0.5, 0.6) is 0 Å². The molecule has 1 aliphatic carbocycles. The highest BCUT2D eigenvalue weighted by molar-refractivity contribution is 7.85. The van der Waals surface area contributed by atoms with E-state index in [-0.39, 0.29) is 0 Å². The molecule has 1 aromatic rings. The molecule has 0 N–H and O–H groups in total. The molecule has 0 spiro atoms. The van der Waals surface area contributed by atoms with Crippen molar-refractivity contribution in [3.05, 3.63) is 35.9 Å². The SMILES string of the molecule is CS(=O)(=O)OC[C@H]1C[C@@H](COCc2ccccc2)C1. The standard InChI is InChI=1S/C14H20O4S/c1-19(15,16)18-11-14-7-13(8-14)10-17-9-12-5-3-2-4-6-12/h2-6,13-14H,7-11H2,1H3/t13-,14+. The van der Waals surface area contributed by atoms with E-state index in [1.54, 1.807) is 0 Å². The van der Waals surface area contributed by atoms with E-state index < -0.39 is 10.1 Å². The fourth-order valence-corrected chi connectivity index (χ4v) is 2.72. The first kappa shape index (κ1) is 14.5. The monoisotopic (exact) mass is 284 g/mol. The van der Waals surface area contributed by atoms with Gasteiger partial charge in [-0.1, -0.05) is 30.3 Å². The zero-order chi connectivity index (χ0) is 13.7. The Morgan fingerprint density at radius 1 is 1.11 bits per heavy atom. The van der Waals surface area contributed by atoms with E-state index in [1.165, 1.54) is 5.56 Å². The topological polar surface area (TPSA) is 52.6 Å².